The summed E-state index contributed by atoms with van der Waals surface area (Å²) in [7, 11) is 3.90. The standard InChI is InChI=1S/C18H20N2O2/c1-20(2)13-15-10-6-7-11-16(15)18(22)19-12-17(21)14-8-4-3-5-9-14/h3-11H,12-13H2,1-2H3,(H,19,22). The third-order valence-corrected chi connectivity index (χ3v) is 3.25. The first-order valence-corrected chi connectivity index (χ1v) is 7.17. The second kappa shape index (κ2) is 7.52. The van der Waals surface area contributed by atoms with Crippen LogP contribution >= 0.6 is 0 Å². The first kappa shape index (κ1) is 15.9. The fraction of sp³-hybridized carbons (Fsp3) is 0.222. The Labute approximate surface area is 130 Å². The Morgan fingerprint density at radius 2 is 1.59 bits per heavy atom. The zero-order valence-electron chi connectivity index (χ0n) is 12.9. The first-order chi connectivity index (χ1) is 10.6. The van der Waals surface area contributed by atoms with E-state index in [4.69, 9.17) is 0 Å². The molecular formula is C18H20N2O2. The summed E-state index contributed by atoms with van der Waals surface area (Å²) in [6.45, 7) is 0.676. The van der Waals surface area contributed by atoms with Crippen LogP contribution < -0.4 is 5.32 Å². The van der Waals surface area contributed by atoms with Crippen molar-refractivity contribution in [1.82, 2.24) is 10.2 Å². The number of amides is 1. The van der Waals surface area contributed by atoms with Crippen LogP contribution in [0, 0.1) is 0 Å². The molecule has 1 amide bonds. The number of hydrogen-bond acceptors (Lipinski definition) is 3. The average molecular weight is 296 g/mol. The fourth-order valence-electron chi connectivity index (χ4n) is 2.20. The zero-order chi connectivity index (χ0) is 15.9. The van der Waals surface area contributed by atoms with E-state index in [1.54, 1.807) is 30.3 Å². The molecule has 0 aromatic heterocycles. The predicted molar refractivity (Wildman–Crippen MR) is 86.9 cm³/mol. The summed E-state index contributed by atoms with van der Waals surface area (Å²) in [6.07, 6.45) is 0. The molecule has 2 aromatic rings. The highest BCUT2D eigenvalue weighted by Crippen LogP contribution is 2.10. The van der Waals surface area contributed by atoms with E-state index in [0.29, 0.717) is 17.7 Å². The minimum absolute atomic E-state index is 0.000848. The largest absolute Gasteiger partial charge is 0.345 e. The normalized spacial score (nSPS) is 10.5. The minimum atomic E-state index is -0.221. The van der Waals surface area contributed by atoms with Gasteiger partial charge in [0.25, 0.3) is 5.91 Å². The van der Waals surface area contributed by atoms with Crippen molar-refractivity contribution in [2.75, 3.05) is 20.6 Å². The molecule has 114 valence electrons. The Balaban J connectivity index is 2.02. The van der Waals surface area contributed by atoms with Gasteiger partial charge < -0.3 is 10.2 Å². The molecule has 0 bridgehead atoms. The maximum Gasteiger partial charge on any atom is 0.251 e. The van der Waals surface area contributed by atoms with Crippen LogP contribution in [-0.4, -0.2) is 37.2 Å². The van der Waals surface area contributed by atoms with E-state index < -0.39 is 0 Å². The summed E-state index contributed by atoms with van der Waals surface area (Å²) >= 11 is 0. The van der Waals surface area contributed by atoms with E-state index in [9.17, 15) is 9.59 Å². The number of Topliss-reactive ketones (excluding diaryl/α,β-unsaturated/α-hetero) is 1. The van der Waals surface area contributed by atoms with Crippen molar-refractivity contribution in [3.05, 3.63) is 71.3 Å². The van der Waals surface area contributed by atoms with Crippen LogP contribution in [-0.2, 0) is 6.54 Å². The first-order valence-electron chi connectivity index (χ1n) is 7.17. The smallest absolute Gasteiger partial charge is 0.251 e. The Morgan fingerprint density at radius 1 is 0.955 bits per heavy atom. The van der Waals surface area contributed by atoms with E-state index in [2.05, 4.69) is 5.32 Å². The highest BCUT2D eigenvalue weighted by molar-refractivity contribution is 6.02. The molecule has 0 aliphatic heterocycles. The Morgan fingerprint density at radius 3 is 2.27 bits per heavy atom. The molecule has 0 unspecified atom stereocenters. The molecule has 0 atom stereocenters. The van der Waals surface area contributed by atoms with E-state index in [1.807, 2.05) is 43.3 Å². The van der Waals surface area contributed by atoms with E-state index >= 15 is 0 Å². The lowest BCUT2D eigenvalue weighted by Crippen LogP contribution is -2.30. The van der Waals surface area contributed by atoms with E-state index in [1.165, 1.54) is 0 Å². The number of hydrogen-bond donors (Lipinski definition) is 1. The third kappa shape index (κ3) is 4.27. The quantitative estimate of drug-likeness (QED) is 0.833. The van der Waals surface area contributed by atoms with Gasteiger partial charge in [0.15, 0.2) is 5.78 Å². The van der Waals surface area contributed by atoms with Crippen molar-refractivity contribution in [2.45, 2.75) is 6.54 Å². The van der Waals surface area contributed by atoms with Crippen LogP contribution in [0.1, 0.15) is 26.3 Å². The fourth-order valence-corrected chi connectivity index (χ4v) is 2.20. The third-order valence-electron chi connectivity index (χ3n) is 3.25. The second-order valence-corrected chi connectivity index (χ2v) is 5.37. The monoisotopic (exact) mass is 296 g/mol. The van der Waals surface area contributed by atoms with Gasteiger partial charge in [0.1, 0.15) is 0 Å². The topological polar surface area (TPSA) is 49.4 Å². The van der Waals surface area contributed by atoms with Crippen LogP contribution in [0.3, 0.4) is 0 Å². The van der Waals surface area contributed by atoms with Gasteiger partial charge in [0.05, 0.1) is 6.54 Å². The Kier molecular flexibility index (Phi) is 5.44. The van der Waals surface area contributed by atoms with Crippen molar-refractivity contribution in [2.24, 2.45) is 0 Å². The van der Waals surface area contributed by atoms with Crippen LogP contribution in [0.5, 0.6) is 0 Å². The van der Waals surface area contributed by atoms with Gasteiger partial charge in [-0.3, -0.25) is 9.59 Å². The molecule has 0 aliphatic carbocycles. The second-order valence-electron chi connectivity index (χ2n) is 5.37. The van der Waals surface area contributed by atoms with Gasteiger partial charge in [0.2, 0.25) is 0 Å². The predicted octanol–water partition coefficient (Wildman–Crippen LogP) is 2.36. The molecule has 22 heavy (non-hydrogen) atoms. The number of rotatable bonds is 6. The molecule has 0 saturated heterocycles. The van der Waals surface area contributed by atoms with E-state index in [-0.39, 0.29) is 18.2 Å². The van der Waals surface area contributed by atoms with Gasteiger partial charge in [-0.2, -0.15) is 0 Å². The highest BCUT2D eigenvalue weighted by Gasteiger charge is 2.13. The van der Waals surface area contributed by atoms with Gasteiger partial charge in [-0.25, -0.2) is 0 Å². The number of ketones is 1. The van der Waals surface area contributed by atoms with Crippen LogP contribution in [0.15, 0.2) is 54.6 Å². The Hall–Kier alpha value is -2.46. The van der Waals surface area contributed by atoms with Gasteiger partial charge in [-0.15, -0.1) is 0 Å². The SMILES string of the molecule is CN(C)Cc1ccccc1C(=O)NCC(=O)c1ccccc1. The molecule has 4 nitrogen and oxygen atoms in total. The lowest BCUT2D eigenvalue weighted by molar-refractivity contribution is 0.0903. The molecule has 0 fully saturated rings. The van der Waals surface area contributed by atoms with Crippen molar-refractivity contribution >= 4 is 11.7 Å². The molecule has 0 heterocycles. The maximum absolute atomic E-state index is 12.3. The number of carbonyl (C=O) groups excluding carboxylic acids is 2. The lowest BCUT2D eigenvalue weighted by atomic mass is 10.1. The Bertz CT molecular complexity index is 651. The summed E-state index contributed by atoms with van der Waals surface area (Å²) in [5.74, 6) is -0.319. The lowest BCUT2D eigenvalue weighted by Gasteiger charge is -2.14. The minimum Gasteiger partial charge on any atom is -0.345 e. The average Bonchev–Trinajstić information content (AvgIpc) is 2.53. The number of nitrogens with one attached hydrogen (secondary N) is 1. The maximum atomic E-state index is 12.3. The number of benzene rings is 2. The molecule has 0 spiro atoms. The summed E-state index contributed by atoms with van der Waals surface area (Å²) in [5.41, 5.74) is 2.15. The van der Waals surface area contributed by atoms with Crippen molar-refractivity contribution < 1.29 is 9.59 Å². The summed E-state index contributed by atoms with van der Waals surface area (Å²) < 4.78 is 0. The molecule has 0 radical (unpaired) electrons. The molecule has 0 saturated carbocycles. The molecule has 1 N–H and O–H groups in total. The summed E-state index contributed by atoms with van der Waals surface area (Å²) in [5, 5.41) is 2.70. The summed E-state index contributed by atoms with van der Waals surface area (Å²) in [4.78, 5) is 26.3. The van der Waals surface area contributed by atoms with Crippen molar-refractivity contribution in [3.63, 3.8) is 0 Å². The molecule has 2 rings (SSSR count). The van der Waals surface area contributed by atoms with Crippen LogP contribution in [0.2, 0.25) is 0 Å². The van der Waals surface area contributed by atoms with Crippen LogP contribution in [0.4, 0.5) is 0 Å². The number of carbonyl (C=O) groups is 2. The number of nitrogens with zero attached hydrogens (tertiary/aromatic N) is 1. The van der Waals surface area contributed by atoms with Crippen molar-refractivity contribution in [1.29, 1.82) is 0 Å². The molecule has 4 heteroatoms. The molecule has 2 aromatic carbocycles. The highest BCUT2D eigenvalue weighted by atomic mass is 16.2. The molecule has 0 aliphatic rings. The zero-order valence-corrected chi connectivity index (χ0v) is 12.9. The van der Waals surface area contributed by atoms with E-state index in [0.717, 1.165) is 5.56 Å². The van der Waals surface area contributed by atoms with Crippen LogP contribution in [0.25, 0.3) is 0 Å². The van der Waals surface area contributed by atoms with Gasteiger partial charge in [-0.05, 0) is 25.7 Å². The van der Waals surface area contributed by atoms with Gasteiger partial charge >= 0.3 is 0 Å². The van der Waals surface area contributed by atoms with Crippen molar-refractivity contribution in [3.8, 4) is 0 Å². The molecular weight excluding hydrogens is 276 g/mol. The summed E-state index contributed by atoms with van der Waals surface area (Å²) in [6, 6.07) is 16.4. The van der Waals surface area contributed by atoms with Gasteiger partial charge in [-0.1, -0.05) is 48.5 Å². The van der Waals surface area contributed by atoms with Gasteiger partial charge in [0, 0.05) is 17.7 Å².